The number of benzene rings is 1. The summed E-state index contributed by atoms with van der Waals surface area (Å²) in [6.07, 6.45) is 1.21. The zero-order chi connectivity index (χ0) is 13.0. The molecule has 1 atom stereocenters. The molecular weight excluding hydrogens is 251 g/mol. The molecule has 0 saturated carbocycles. The highest BCUT2D eigenvalue weighted by Gasteiger charge is 2.07. The number of nitrogens with one attached hydrogen (secondary N) is 1. The fourth-order valence-corrected chi connectivity index (χ4v) is 2.39. The van der Waals surface area contributed by atoms with E-state index in [4.69, 9.17) is 0 Å². The van der Waals surface area contributed by atoms with Gasteiger partial charge in [-0.2, -0.15) is 0 Å². The van der Waals surface area contributed by atoms with Crippen LogP contribution in [0.15, 0.2) is 30.5 Å². The van der Waals surface area contributed by atoms with Gasteiger partial charge >= 0.3 is 0 Å². The second kappa shape index (κ2) is 6.04. The molecule has 0 aliphatic carbocycles. The minimum absolute atomic E-state index is 0.293. The number of rotatable bonds is 5. The molecular formula is C13H15FN2OS. The van der Waals surface area contributed by atoms with Crippen LogP contribution in [0.4, 0.5) is 4.39 Å². The summed E-state index contributed by atoms with van der Waals surface area (Å²) in [5, 5.41) is 14.1. The summed E-state index contributed by atoms with van der Waals surface area (Å²) in [6.45, 7) is 3.08. The minimum Gasteiger partial charge on any atom is -0.387 e. The number of hydrogen-bond acceptors (Lipinski definition) is 4. The maximum absolute atomic E-state index is 12.7. The van der Waals surface area contributed by atoms with Crippen molar-refractivity contribution in [1.82, 2.24) is 10.3 Å². The van der Waals surface area contributed by atoms with Gasteiger partial charge in [0.05, 0.1) is 11.1 Å². The first-order chi connectivity index (χ1) is 8.65. The second-order valence-corrected chi connectivity index (χ2v) is 5.36. The molecule has 5 heteroatoms. The number of hydrogen-bond donors (Lipinski definition) is 2. The van der Waals surface area contributed by atoms with E-state index in [1.165, 1.54) is 12.1 Å². The third kappa shape index (κ3) is 3.60. The molecule has 1 unspecified atom stereocenters. The minimum atomic E-state index is -0.625. The third-order valence-electron chi connectivity index (χ3n) is 2.56. The molecule has 0 aliphatic heterocycles. The second-order valence-electron chi connectivity index (χ2n) is 4.04. The zero-order valence-corrected chi connectivity index (χ0v) is 10.9. The standard InChI is InChI=1S/C13H15FN2OS/c1-9-16-7-12(18-9)6-15-8-13(17)10-2-4-11(14)5-3-10/h2-5,7,13,15,17H,6,8H2,1H3. The Hall–Kier alpha value is -1.30. The molecule has 0 aliphatic rings. The quantitative estimate of drug-likeness (QED) is 0.873. The summed E-state index contributed by atoms with van der Waals surface area (Å²) in [4.78, 5) is 5.29. The summed E-state index contributed by atoms with van der Waals surface area (Å²) in [7, 11) is 0. The Balaban J connectivity index is 1.81. The average molecular weight is 266 g/mol. The van der Waals surface area contributed by atoms with Crippen LogP contribution in [0.25, 0.3) is 0 Å². The van der Waals surface area contributed by atoms with Crippen LogP contribution in [-0.2, 0) is 6.54 Å². The van der Waals surface area contributed by atoms with Crippen LogP contribution in [0.2, 0.25) is 0 Å². The highest BCUT2D eigenvalue weighted by molar-refractivity contribution is 7.11. The molecule has 1 aromatic heterocycles. The Morgan fingerprint density at radius 2 is 2.11 bits per heavy atom. The Kier molecular flexibility index (Phi) is 4.41. The van der Waals surface area contributed by atoms with Gasteiger partial charge in [-0.05, 0) is 24.6 Å². The van der Waals surface area contributed by atoms with Crippen LogP contribution < -0.4 is 5.32 Å². The number of aliphatic hydroxyl groups is 1. The Morgan fingerprint density at radius 1 is 1.39 bits per heavy atom. The van der Waals surface area contributed by atoms with E-state index in [1.54, 1.807) is 23.5 Å². The van der Waals surface area contributed by atoms with E-state index in [2.05, 4.69) is 10.3 Å². The van der Waals surface area contributed by atoms with Crippen LogP contribution in [0.1, 0.15) is 21.6 Å². The van der Waals surface area contributed by atoms with E-state index >= 15 is 0 Å². The van der Waals surface area contributed by atoms with Crippen LogP contribution in [0.5, 0.6) is 0 Å². The highest BCUT2D eigenvalue weighted by Crippen LogP contribution is 2.14. The Morgan fingerprint density at radius 3 is 2.72 bits per heavy atom. The number of thiazole rings is 1. The largest absolute Gasteiger partial charge is 0.387 e. The predicted molar refractivity (Wildman–Crippen MR) is 69.9 cm³/mol. The van der Waals surface area contributed by atoms with Gasteiger partial charge in [0.25, 0.3) is 0 Å². The number of halogens is 1. The fourth-order valence-electron chi connectivity index (χ4n) is 1.62. The molecule has 0 radical (unpaired) electrons. The lowest BCUT2D eigenvalue weighted by atomic mass is 10.1. The first kappa shape index (κ1) is 13.1. The van der Waals surface area contributed by atoms with Gasteiger partial charge in [0.2, 0.25) is 0 Å². The summed E-state index contributed by atoms with van der Waals surface area (Å²) >= 11 is 1.63. The Labute approximate surface area is 109 Å². The van der Waals surface area contributed by atoms with Gasteiger partial charge in [-0.3, -0.25) is 0 Å². The van der Waals surface area contributed by atoms with E-state index in [0.29, 0.717) is 18.7 Å². The topological polar surface area (TPSA) is 45.2 Å². The lowest BCUT2D eigenvalue weighted by Crippen LogP contribution is -2.20. The van der Waals surface area contributed by atoms with Crippen molar-refractivity contribution in [3.05, 3.63) is 51.7 Å². The molecule has 2 N–H and O–H groups in total. The maximum atomic E-state index is 12.7. The van der Waals surface area contributed by atoms with Crippen molar-refractivity contribution >= 4 is 11.3 Å². The van der Waals surface area contributed by atoms with Crippen LogP contribution in [0.3, 0.4) is 0 Å². The maximum Gasteiger partial charge on any atom is 0.123 e. The van der Waals surface area contributed by atoms with Crippen LogP contribution in [-0.4, -0.2) is 16.6 Å². The van der Waals surface area contributed by atoms with Gasteiger partial charge in [-0.1, -0.05) is 12.1 Å². The van der Waals surface area contributed by atoms with Crippen molar-refractivity contribution in [3.63, 3.8) is 0 Å². The van der Waals surface area contributed by atoms with E-state index in [1.807, 2.05) is 13.1 Å². The third-order valence-corrected chi connectivity index (χ3v) is 3.47. The zero-order valence-electron chi connectivity index (χ0n) is 10.1. The number of nitrogens with zero attached hydrogens (tertiary/aromatic N) is 1. The average Bonchev–Trinajstić information content (AvgIpc) is 2.76. The Bertz CT molecular complexity index is 498. The van der Waals surface area contributed by atoms with Crippen molar-refractivity contribution in [2.24, 2.45) is 0 Å². The molecule has 0 spiro atoms. The smallest absolute Gasteiger partial charge is 0.123 e. The number of aromatic nitrogens is 1. The highest BCUT2D eigenvalue weighted by atomic mass is 32.1. The molecule has 3 nitrogen and oxygen atoms in total. The van der Waals surface area contributed by atoms with Crippen molar-refractivity contribution < 1.29 is 9.50 Å². The van der Waals surface area contributed by atoms with Crippen LogP contribution >= 0.6 is 11.3 Å². The normalized spacial score (nSPS) is 12.6. The molecule has 0 saturated heterocycles. The van der Waals surface area contributed by atoms with Crippen molar-refractivity contribution in [2.45, 2.75) is 19.6 Å². The first-order valence-corrected chi connectivity index (χ1v) is 6.52. The molecule has 0 amide bonds. The fraction of sp³-hybridized carbons (Fsp3) is 0.308. The molecule has 2 rings (SSSR count). The van der Waals surface area contributed by atoms with Crippen LogP contribution in [0, 0.1) is 12.7 Å². The summed E-state index contributed by atoms with van der Waals surface area (Å²) in [6, 6.07) is 5.90. The van der Waals surface area contributed by atoms with Crippen molar-refractivity contribution in [2.75, 3.05) is 6.54 Å². The van der Waals surface area contributed by atoms with Gasteiger partial charge in [-0.15, -0.1) is 11.3 Å². The van der Waals surface area contributed by atoms with Gasteiger partial charge < -0.3 is 10.4 Å². The van der Waals surface area contributed by atoms with E-state index in [0.717, 1.165) is 9.88 Å². The predicted octanol–water partition coefficient (Wildman–Crippen LogP) is 2.41. The molecule has 18 heavy (non-hydrogen) atoms. The number of aryl methyl sites for hydroxylation is 1. The molecule has 0 fully saturated rings. The molecule has 1 heterocycles. The van der Waals surface area contributed by atoms with Gasteiger partial charge in [-0.25, -0.2) is 9.37 Å². The van der Waals surface area contributed by atoms with Crippen molar-refractivity contribution in [3.8, 4) is 0 Å². The lowest BCUT2D eigenvalue weighted by Gasteiger charge is -2.11. The molecule has 0 bridgehead atoms. The van der Waals surface area contributed by atoms with Gasteiger partial charge in [0.15, 0.2) is 0 Å². The van der Waals surface area contributed by atoms with Gasteiger partial charge in [0.1, 0.15) is 5.82 Å². The van der Waals surface area contributed by atoms with Crippen molar-refractivity contribution in [1.29, 1.82) is 0 Å². The summed E-state index contributed by atoms with van der Waals surface area (Å²) in [5.74, 6) is -0.293. The first-order valence-electron chi connectivity index (χ1n) is 5.70. The molecule has 2 aromatic rings. The SMILES string of the molecule is Cc1ncc(CNCC(O)c2ccc(F)cc2)s1. The monoisotopic (exact) mass is 266 g/mol. The summed E-state index contributed by atoms with van der Waals surface area (Å²) < 4.78 is 12.7. The van der Waals surface area contributed by atoms with E-state index < -0.39 is 6.10 Å². The number of aliphatic hydroxyl groups excluding tert-OH is 1. The molecule has 1 aromatic carbocycles. The van der Waals surface area contributed by atoms with E-state index in [9.17, 15) is 9.50 Å². The summed E-state index contributed by atoms with van der Waals surface area (Å²) in [5.41, 5.74) is 0.712. The molecule has 96 valence electrons. The van der Waals surface area contributed by atoms with Gasteiger partial charge in [0, 0.05) is 24.2 Å². The van der Waals surface area contributed by atoms with E-state index in [-0.39, 0.29) is 5.82 Å². The lowest BCUT2D eigenvalue weighted by molar-refractivity contribution is 0.174.